The summed E-state index contributed by atoms with van der Waals surface area (Å²) in [5, 5.41) is 7.17. The predicted octanol–water partition coefficient (Wildman–Crippen LogP) is 4.48. The van der Waals surface area contributed by atoms with E-state index in [9.17, 15) is 9.59 Å². The van der Waals surface area contributed by atoms with Crippen LogP contribution in [-0.4, -0.2) is 81.6 Å². The molecule has 0 radical (unpaired) electrons. The molecule has 1 saturated heterocycles. The van der Waals surface area contributed by atoms with Crippen molar-refractivity contribution in [3.8, 4) is 0 Å². The highest BCUT2D eigenvalue weighted by Gasteiger charge is 2.28. The van der Waals surface area contributed by atoms with Gasteiger partial charge in [0.25, 0.3) is 0 Å². The van der Waals surface area contributed by atoms with Gasteiger partial charge in [-0.05, 0) is 55.9 Å². The van der Waals surface area contributed by atoms with Crippen LogP contribution in [0.25, 0.3) is 11.3 Å². The molecular formula is C32H37N5O3. The second kappa shape index (κ2) is 11.9. The van der Waals surface area contributed by atoms with E-state index < -0.39 is 0 Å². The second-order valence-electron chi connectivity index (χ2n) is 10.5. The molecule has 1 amide bonds. The van der Waals surface area contributed by atoms with Gasteiger partial charge in [-0.3, -0.25) is 9.69 Å². The summed E-state index contributed by atoms with van der Waals surface area (Å²) in [5.41, 5.74) is 7.38. The van der Waals surface area contributed by atoms with Crippen molar-refractivity contribution in [2.24, 2.45) is 0 Å². The number of methoxy groups -OCH3 is 1. The normalized spacial score (nSPS) is 18.4. The van der Waals surface area contributed by atoms with E-state index in [4.69, 9.17) is 4.74 Å². The lowest BCUT2D eigenvalue weighted by Crippen LogP contribution is -2.48. The number of piperazine rings is 1. The van der Waals surface area contributed by atoms with Crippen molar-refractivity contribution in [2.45, 2.75) is 13.0 Å². The van der Waals surface area contributed by atoms with Gasteiger partial charge in [0, 0.05) is 61.4 Å². The molecule has 1 fully saturated rings. The van der Waals surface area contributed by atoms with E-state index in [1.165, 1.54) is 7.11 Å². The third-order valence-electron chi connectivity index (χ3n) is 7.72. The van der Waals surface area contributed by atoms with E-state index in [-0.39, 0.29) is 17.9 Å². The van der Waals surface area contributed by atoms with E-state index in [2.05, 4.69) is 46.5 Å². The SMILES string of the molecule is COC(=O)c1ccc2c(c1)NC(C)/C2=C(\Nc1ccc(N(C)C(=O)CN2CCN(C)CC2)cc1)c1ccccc1. The van der Waals surface area contributed by atoms with Crippen molar-refractivity contribution >= 4 is 40.2 Å². The van der Waals surface area contributed by atoms with Gasteiger partial charge in [0.2, 0.25) is 5.91 Å². The summed E-state index contributed by atoms with van der Waals surface area (Å²) < 4.78 is 4.91. The topological polar surface area (TPSA) is 77.1 Å². The summed E-state index contributed by atoms with van der Waals surface area (Å²) >= 11 is 0. The van der Waals surface area contributed by atoms with Crippen LogP contribution in [0.4, 0.5) is 17.1 Å². The van der Waals surface area contributed by atoms with Crippen molar-refractivity contribution in [1.29, 1.82) is 0 Å². The Morgan fingerprint density at radius 3 is 2.35 bits per heavy atom. The first-order chi connectivity index (χ1) is 19.3. The molecule has 3 aromatic carbocycles. The Morgan fingerprint density at radius 2 is 1.68 bits per heavy atom. The Kier molecular flexibility index (Phi) is 8.19. The highest BCUT2D eigenvalue weighted by atomic mass is 16.5. The number of amides is 1. The molecule has 40 heavy (non-hydrogen) atoms. The minimum absolute atomic E-state index is 0.0169. The fraction of sp³-hybridized carbons (Fsp3) is 0.312. The van der Waals surface area contributed by atoms with E-state index in [1.807, 2.05) is 61.6 Å². The number of benzene rings is 3. The zero-order valence-electron chi connectivity index (χ0n) is 23.6. The number of hydrogen-bond donors (Lipinski definition) is 2. The minimum atomic E-state index is -0.358. The summed E-state index contributed by atoms with van der Waals surface area (Å²) in [7, 11) is 5.34. The summed E-state index contributed by atoms with van der Waals surface area (Å²) in [6, 6.07) is 23.8. The number of nitrogens with one attached hydrogen (secondary N) is 2. The minimum Gasteiger partial charge on any atom is -0.465 e. The number of carbonyl (C=O) groups is 2. The van der Waals surface area contributed by atoms with Crippen LogP contribution in [0.2, 0.25) is 0 Å². The molecule has 2 aliphatic heterocycles. The van der Waals surface area contributed by atoms with E-state index in [0.29, 0.717) is 12.1 Å². The van der Waals surface area contributed by atoms with Gasteiger partial charge in [0.15, 0.2) is 0 Å². The summed E-state index contributed by atoms with van der Waals surface area (Å²) in [5.74, 6) is -0.269. The van der Waals surface area contributed by atoms with Crippen molar-refractivity contribution < 1.29 is 14.3 Å². The van der Waals surface area contributed by atoms with Gasteiger partial charge in [-0.25, -0.2) is 4.79 Å². The Hall–Kier alpha value is -4.14. The molecular weight excluding hydrogens is 502 g/mol. The standard InChI is InChI=1S/C32H37N5O3/c1-22-30(27-15-10-24(32(39)40-4)20-28(27)33-22)31(23-8-6-5-7-9-23)34-25-11-13-26(14-12-25)36(3)29(38)21-37-18-16-35(2)17-19-37/h5-15,20,22,33-34H,16-19,21H2,1-4H3/b31-30+. The van der Waals surface area contributed by atoms with Gasteiger partial charge in [0.1, 0.15) is 0 Å². The monoisotopic (exact) mass is 539 g/mol. The molecule has 2 N–H and O–H groups in total. The molecule has 8 nitrogen and oxygen atoms in total. The molecule has 0 aliphatic carbocycles. The maximum atomic E-state index is 13.0. The molecule has 3 aromatic rings. The molecule has 2 aliphatic rings. The van der Waals surface area contributed by atoms with Crippen LogP contribution in [0.5, 0.6) is 0 Å². The highest BCUT2D eigenvalue weighted by molar-refractivity contribution is 6.05. The molecule has 208 valence electrons. The number of nitrogens with zero attached hydrogens (tertiary/aromatic N) is 3. The van der Waals surface area contributed by atoms with Gasteiger partial charge >= 0.3 is 5.97 Å². The summed E-state index contributed by atoms with van der Waals surface area (Å²) in [6.07, 6.45) is 0. The van der Waals surface area contributed by atoms with E-state index in [1.54, 1.807) is 11.0 Å². The van der Waals surface area contributed by atoms with Crippen LogP contribution in [-0.2, 0) is 9.53 Å². The Balaban J connectivity index is 1.39. The maximum absolute atomic E-state index is 13.0. The second-order valence-corrected chi connectivity index (χ2v) is 10.5. The Bertz CT molecular complexity index is 1400. The van der Waals surface area contributed by atoms with Crippen LogP contribution in [0, 0.1) is 0 Å². The summed E-state index contributed by atoms with van der Waals surface area (Å²) in [6.45, 7) is 6.34. The van der Waals surface area contributed by atoms with Crippen LogP contribution in [0.15, 0.2) is 72.8 Å². The van der Waals surface area contributed by atoms with E-state index in [0.717, 1.165) is 65.6 Å². The Morgan fingerprint density at radius 1 is 0.975 bits per heavy atom. The molecule has 0 saturated carbocycles. The third kappa shape index (κ3) is 5.88. The fourth-order valence-corrected chi connectivity index (χ4v) is 5.29. The smallest absolute Gasteiger partial charge is 0.337 e. The first kappa shape index (κ1) is 27.4. The van der Waals surface area contributed by atoms with Crippen molar-refractivity contribution in [3.63, 3.8) is 0 Å². The van der Waals surface area contributed by atoms with Gasteiger partial charge in [-0.2, -0.15) is 0 Å². The lowest BCUT2D eigenvalue weighted by Gasteiger charge is -2.32. The number of esters is 1. The molecule has 0 aromatic heterocycles. The first-order valence-corrected chi connectivity index (χ1v) is 13.7. The lowest BCUT2D eigenvalue weighted by molar-refractivity contribution is -0.119. The van der Waals surface area contributed by atoms with Gasteiger partial charge in [-0.1, -0.05) is 36.4 Å². The zero-order chi connectivity index (χ0) is 28.2. The third-order valence-corrected chi connectivity index (χ3v) is 7.72. The number of fused-ring (bicyclic) bond motifs is 1. The lowest BCUT2D eigenvalue weighted by atomic mass is 9.96. The molecule has 5 rings (SSSR count). The molecule has 1 atom stereocenters. The number of rotatable bonds is 7. The average Bonchev–Trinajstić information content (AvgIpc) is 3.31. The average molecular weight is 540 g/mol. The van der Waals surface area contributed by atoms with Crippen molar-refractivity contribution in [2.75, 3.05) is 69.5 Å². The predicted molar refractivity (Wildman–Crippen MR) is 162 cm³/mol. The molecule has 8 heteroatoms. The van der Waals surface area contributed by atoms with Crippen LogP contribution in [0.1, 0.15) is 28.4 Å². The largest absolute Gasteiger partial charge is 0.465 e. The van der Waals surface area contributed by atoms with Crippen molar-refractivity contribution in [1.82, 2.24) is 9.80 Å². The van der Waals surface area contributed by atoms with Gasteiger partial charge in [0.05, 0.1) is 31.0 Å². The highest BCUT2D eigenvalue weighted by Crippen LogP contribution is 2.41. The quantitative estimate of drug-likeness (QED) is 0.429. The zero-order valence-corrected chi connectivity index (χ0v) is 23.6. The number of likely N-dealkylation sites (N-methyl/N-ethyl adjacent to an activating group) is 2. The first-order valence-electron chi connectivity index (χ1n) is 13.7. The van der Waals surface area contributed by atoms with Crippen LogP contribution < -0.4 is 15.5 Å². The van der Waals surface area contributed by atoms with Gasteiger partial charge < -0.3 is 25.2 Å². The maximum Gasteiger partial charge on any atom is 0.337 e. The molecule has 0 spiro atoms. The number of hydrogen-bond acceptors (Lipinski definition) is 7. The Labute approximate surface area is 236 Å². The van der Waals surface area contributed by atoms with Crippen LogP contribution >= 0.6 is 0 Å². The van der Waals surface area contributed by atoms with E-state index >= 15 is 0 Å². The molecule has 1 unspecified atom stereocenters. The fourth-order valence-electron chi connectivity index (χ4n) is 5.29. The van der Waals surface area contributed by atoms with Crippen LogP contribution in [0.3, 0.4) is 0 Å². The molecule has 0 bridgehead atoms. The summed E-state index contributed by atoms with van der Waals surface area (Å²) in [4.78, 5) is 31.3. The number of ether oxygens (including phenoxy) is 1. The number of anilines is 3. The number of carbonyl (C=O) groups excluding carboxylic acids is 2. The van der Waals surface area contributed by atoms with Gasteiger partial charge in [-0.15, -0.1) is 0 Å². The molecule has 2 heterocycles. The van der Waals surface area contributed by atoms with Crippen molar-refractivity contribution in [3.05, 3.63) is 89.5 Å².